The summed E-state index contributed by atoms with van der Waals surface area (Å²) >= 11 is 6.51. The number of ether oxygens (including phenoxy) is 1. The summed E-state index contributed by atoms with van der Waals surface area (Å²) in [5.74, 6) is 0.784. The highest BCUT2D eigenvalue weighted by Crippen LogP contribution is 2.38. The molecule has 0 unspecified atom stereocenters. The SMILES string of the molecule is CCCCNc1cc(C(=S)SCC#N)cc(S(N)(=O)=O)c1Oc1ccccc1. The van der Waals surface area contributed by atoms with E-state index in [2.05, 4.69) is 12.2 Å². The van der Waals surface area contributed by atoms with Gasteiger partial charge in [0.15, 0.2) is 5.75 Å². The van der Waals surface area contributed by atoms with Crippen molar-refractivity contribution >= 4 is 43.9 Å². The monoisotopic (exact) mass is 435 g/mol. The van der Waals surface area contributed by atoms with Gasteiger partial charge < -0.3 is 10.1 Å². The quantitative estimate of drug-likeness (QED) is 0.447. The number of benzene rings is 2. The molecule has 0 spiro atoms. The number of hydrogen-bond donors (Lipinski definition) is 2. The molecule has 0 aromatic heterocycles. The minimum atomic E-state index is -4.08. The van der Waals surface area contributed by atoms with Gasteiger partial charge in [-0.1, -0.05) is 55.5 Å². The number of nitriles is 1. The highest BCUT2D eigenvalue weighted by Gasteiger charge is 2.22. The third-order valence-electron chi connectivity index (χ3n) is 3.67. The lowest BCUT2D eigenvalue weighted by molar-refractivity contribution is 0.469. The zero-order chi connectivity index (χ0) is 20.6. The van der Waals surface area contributed by atoms with Crippen molar-refractivity contribution in [2.45, 2.75) is 24.7 Å². The molecule has 148 valence electrons. The molecule has 0 aliphatic carbocycles. The Hall–Kier alpha value is -2.12. The standard InChI is InChI=1S/C19H21N3O3S3/c1-2-3-10-22-16-12-14(19(26)27-11-9-20)13-17(28(21,23)24)18(16)25-15-7-5-4-6-8-15/h4-8,12-13,22H,2-3,10-11H2,1H3,(H2,21,23,24). The molecule has 0 amide bonds. The molecule has 2 rings (SSSR count). The molecule has 0 aliphatic heterocycles. The Labute approximate surface area is 175 Å². The summed E-state index contributed by atoms with van der Waals surface area (Å²) in [4.78, 5) is -0.159. The van der Waals surface area contributed by atoms with E-state index in [1.807, 2.05) is 12.1 Å². The average molecular weight is 436 g/mol. The molecule has 0 radical (unpaired) electrons. The van der Waals surface area contributed by atoms with Crippen molar-refractivity contribution in [3.63, 3.8) is 0 Å². The van der Waals surface area contributed by atoms with Crippen LogP contribution in [0.15, 0.2) is 47.4 Å². The fourth-order valence-corrected chi connectivity index (χ4v) is 3.83. The maximum absolute atomic E-state index is 12.3. The summed E-state index contributed by atoms with van der Waals surface area (Å²) in [5, 5.41) is 17.5. The number of rotatable bonds is 9. The minimum Gasteiger partial charge on any atom is -0.454 e. The molecule has 0 saturated heterocycles. The number of hydrogen-bond acceptors (Lipinski definition) is 7. The highest BCUT2D eigenvalue weighted by molar-refractivity contribution is 8.23. The molecule has 28 heavy (non-hydrogen) atoms. The predicted molar refractivity (Wildman–Crippen MR) is 117 cm³/mol. The van der Waals surface area contributed by atoms with Crippen LogP contribution in [0.25, 0.3) is 0 Å². The Kier molecular flexibility index (Phi) is 8.26. The normalized spacial score (nSPS) is 10.9. The van der Waals surface area contributed by atoms with Gasteiger partial charge >= 0.3 is 0 Å². The minimum absolute atomic E-state index is 0.127. The lowest BCUT2D eigenvalue weighted by atomic mass is 10.2. The lowest BCUT2D eigenvalue weighted by Gasteiger charge is -2.18. The van der Waals surface area contributed by atoms with Gasteiger partial charge in [0, 0.05) is 12.1 Å². The van der Waals surface area contributed by atoms with Crippen LogP contribution in [-0.2, 0) is 10.0 Å². The molecule has 0 fully saturated rings. The van der Waals surface area contributed by atoms with Crippen molar-refractivity contribution in [1.29, 1.82) is 5.26 Å². The van der Waals surface area contributed by atoms with E-state index in [-0.39, 0.29) is 16.4 Å². The smallest absolute Gasteiger partial charge is 0.241 e. The van der Waals surface area contributed by atoms with Crippen LogP contribution in [0, 0.1) is 11.3 Å². The Morgan fingerprint density at radius 3 is 2.64 bits per heavy atom. The largest absolute Gasteiger partial charge is 0.454 e. The van der Waals surface area contributed by atoms with Crippen LogP contribution < -0.4 is 15.2 Å². The zero-order valence-corrected chi connectivity index (χ0v) is 17.8. The molecule has 2 aromatic rings. The second-order valence-corrected chi connectivity index (χ2v) is 9.01. The third kappa shape index (κ3) is 6.21. The van der Waals surface area contributed by atoms with E-state index < -0.39 is 10.0 Å². The van der Waals surface area contributed by atoms with Gasteiger partial charge in [0.2, 0.25) is 10.0 Å². The molecule has 2 aromatic carbocycles. The summed E-state index contributed by atoms with van der Waals surface area (Å²) in [6.45, 7) is 2.69. The molecule has 9 heteroatoms. The summed E-state index contributed by atoms with van der Waals surface area (Å²) in [6.07, 6.45) is 1.87. The van der Waals surface area contributed by atoms with Gasteiger partial charge in [-0.15, -0.1) is 0 Å². The van der Waals surface area contributed by atoms with Crippen LogP contribution in [0.2, 0.25) is 0 Å². The number of nitrogens with one attached hydrogen (secondary N) is 1. The molecule has 0 heterocycles. The van der Waals surface area contributed by atoms with Crippen molar-refractivity contribution < 1.29 is 13.2 Å². The number of nitrogens with zero attached hydrogens (tertiary/aromatic N) is 1. The first kappa shape index (κ1) is 22.2. The summed E-state index contributed by atoms with van der Waals surface area (Å²) < 4.78 is 30.9. The zero-order valence-electron chi connectivity index (χ0n) is 15.3. The van der Waals surface area contributed by atoms with Crippen LogP contribution in [0.1, 0.15) is 25.3 Å². The Bertz CT molecular complexity index is 971. The first-order valence-electron chi connectivity index (χ1n) is 8.58. The van der Waals surface area contributed by atoms with Gasteiger partial charge in [-0.05, 0) is 30.7 Å². The van der Waals surface area contributed by atoms with Crippen molar-refractivity contribution in [2.75, 3.05) is 17.6 Å². The molecule has 0 bridgehead atoms. The predicted octanol–water partition coefficient (Wildman–Crippen LogP) is 4.27. The number of thiocarbonyl (C=S) groups is 1. The van der Waals surface area contributed by atoms with E-state index in [9.17, 15) is 8.42 Å². The van der Waals surface area contributed by atoms with Crippen molar-refractivity contribution in [1.82, 2.24) is 0 Å². The van der Waals surface area contributed by atoms with E-state index in [1.54, 1.807) is 30.3 Å². The summed E-state index contributed by atoms with van der Waals surface area (Å²) in [6, 6.07) is 14.0. The van der Waals surface area contributed by atoms with Crippen molar-refractivity contribution in [3.05, 3.63) is 48.0 Å². The van der Waals surface area contributed by atoms with Crippen LogP contribution in [0.3, 0.4) is 0 Å². The third-order valence-corrected chi connectivity index (χ3v) is 5.95. The van der Waals surface area contributed by atoms with Crippen LogP contribution >= 0.6 is 24.0 Å². The number of primary sulfonamides is 1. The molecule has 0 saturated carbocycles. The Balaban J connectivity index is 2.57. The van der Waals surface area contributed by atoms with Gasteiger partial charge in [0.1, 0.15) is 10.6 Å². The van der Waals surface area contributed by atoms with Gasteiger partial charge in [0.25, 0.3) is 0 Å². The van der Waals surface area contributed by atoms with Crippen LogP contribution in [0.5, 0.6) is 11.5 Å². The number of unbranched alkanes of at least 4 members (excludes halogenated alkanes) is 1. The lowest BCUT2D eigenvalue weighted by Crippen LogP contribution is -2.16. The first-order valence-corrected chi connectivity index (χ1v) is 11.5. The molecule has 0 atom stereocenters. The molecule has 3 N–H and O–H groups in total. The van der Waals surface area contributed by atoms with E-state index in [4.69, 9.17) is 27.4 Å². The number of thioether (sulfide) groups is 1. The van der Waals surface area contributed by atoms with Gasteiger partial charge in [-0.3, -0.25) is 0 Å². The number of sulfonamides is 1. The Morgan fingerprint density at radius 2 is 2.04 bits per heavy atom. The molecule has 6 nitrogen and oxygen atoms in total. The molecular weight excluding hydrogens is 414 g/mol. The topological polar surface area (TPSA) is 105 Å². The number of anilines is 1. The maximum Gasteiger partial charge on any atom is 0.241 e. The fourth-order valence-electron chi connectivity index (χ4n) is 2.36. The fraction of sp³-hybridized carbons (Fsp3) is 0.263. The summed E-state index contributed by atoms with van der Waals surface area (Å²) in [7, 11) is -4.08. The van der Waals surface area contributed by atoms with E-state index in [0.717, 1.165) is 24.6 Å². The van der Waals surface area contributed by atoms with Crippen LogP contribution in [-0.4, -0.2) is 24.9 Å². The first-order chi connectivity index (χ1) is 13.4. The molecule has 0 aliphatic rings. The number of nitrogens with two attached hydrogens (primary N) is 1. The second kappa shape index (κ2) is 10.4. The van der Waals surface area contributed by atoms with E-state index in [0.29, 0.717) is 27.7 Å². The average Bonchev–Trinajstić information content (AvgIpc) is 2.67. The maximum atomic E-state index is 12.3. The van der Waals surface area contributed by atoms with Crippen molar-refractivity contribution in [2.24, 2.45) is 5.14 Å². The summed E-state index contributed by atoms with van der Waals surface area (Å²) in [5.41, 5.74) is 0.984. The van der Waals surface area contributed by atoms with E-state index in [1.165, 1.54) is 6.07 Å². The van der Waals surface area contributed by atoms with Gasteiger partial charge in [-0.25, -0.2) is 13.6 Å². The Morgan fingerprint density at radius 1 is 1.32 bits per heavy atom. The second-order valence-electron chi connectivity index (χ2n) is 5.83. The molecular formula is C19H21N3O3S3. The number of para-hydroxylation sites is 1. The van der Waals surface area contributed by atoms with Crippen molar-refractivity contribution in [3.8, 4) is 17.6 Å². The van der Waals surface area contributed by atoms with Gasteiger partial charge in [0.05, 0.1) is 21.7 Å². The van der Waals surface area contributed by atoms with Crippen LogP contribution in [0.4, 0.5) is 5.69 Å². The highest BCUT2D eigenvalue weighted by atomic mass is 32.2. The van der Waals surface area contributed by atoms with E-state index >= 15 is 0 Å². The van der Waals surface area contributed by atoms with Gasteiger partial charge in [-0.2, -0.15) is 5.26 Å².